The summed E-state index contributed by atoms with van der Waals surface area (Å²) in [5.41, 5.74) is 3.76. The lowest BCUT2D eigenvalue weighted by Gasteiger charge is -2.14. The van der Waals surface area contributed by atoms with Crippen LogP contribution in [0.25, 0.3) is 0 Å². The molecule has 0 radical (unpaired) electrons. The predicted octanol–water partition coefficient (Wildman–Crippen LogP) is 3.85. The first-order valence-corrected chi connectivity index (χ1v) is 5.37. The van der Waals surface area contributed by atoms with Crippen molar-refractivity contribution in [3.05, 3.63) is 47.0 Å². The van der Waals surface area contributed by atoms with E-state index < -0.39 is 0 Å². The Morgan fingerprint density at radius 3 is 2.40 bits per heavy atom. The van der Waals surface area contributed by atoms with E-state index in [1.54, 1.807) is 0 Å². The van der Waals surface area contributed by atoms with Gasteiger partial charge in [-0.1, -0.05) is 42.8 Å². The fraction of sp³-hybridized carbons (Fsp3) is 0.357. The van der Waals surface area contributed by atoms with E-state index in [0.29, 0.717) is 5.92 Å². The van der Waals surface area contributed by atoms with Crippen LogP contribution in [-0.4, -0.2) is 6.21 Å². The number of benzene rings is 1. The molecule has 0 aliphatic rings. The van der Waals surface area contributed by atoms with Crippen LogP contribution in [0.15, 0.2) is 41.5 Å². The molecular weight excluding hydrogens is 182 g/mol. The minimum Gasteiger partial charge on any atom is -0.308 e. The Morgan fingerprint density at radius 2 is 1.87 bits per heavy atom. The molecule has 15 heavy (non-hydrogen) atoms. The SMILES string of the molecule is C/C(C=N)=C(\C)[C@H](C)Cc1ccccc1. The third-order valence-corrected chi connectivity index (χ3v) is 2.96. The van der Waals surface area contributed by atoms with Crippen LogP contribution in [0.4, 0.5) is 0 Å². The van der Waals surface area contributed by atoms with Crippen LogP contribution in [-0.2, 0) is 6.42 Å². The highest BCUT2D eigenvalue weighted by molar-refractivity contribution is 5.76. The van der Waals surface area contributed by atoms with Gasteiger partial charge in [-0.3, -0.25) is 0 Å². The molecular formula is C14H19N. The van der Waals surface area contributed by atoms with Crippen LogP contribution in [0.5, 0.6) is 0 Å². The van der Waals surface area contributed by atoms with Gasteiger partial charge in [-0.25, -0.2) is 0 Å². The van der Waals surface area contributed by atoms with Gasteiger partial charge in [0.1, 0.15) is 0 Å². The average molecular weight is 201 g/mol. The molecule has 0 aromatic heterocycles. The van der Waals surface area contributed by atoms with Crippen LogP contribution in [0.3, 0.4) is 0 Å². The smallest absolute Gasteiger partial charge is 0.0206 e. The molecule has 1 N–H and O–H groups in total. The first kappa shape index (κ1) is 11.7. The van der Waals surface area contributed by atoms with E-state index in [9.17, 15) is 0 Å². The maximum Gasteiger partial charge on any atom is 0.0206 e. The second kappa shape index (κ2) is 5.50. The van der Waals surface area contributed by atoms with Crippen molar-refractivity contribution in [1.29, 1.82) is 5.41 Å². The van der Waals surface area contributed by atoms with Crippen molar-refractivity contribution in [2.24, 2.45) is 5.92 Å². The van der Waals surface area contributed by atoms with Crippen LogP contribution in [0, 0.1) is 11.3 Å². The zero-order valence-corrected chi connectivity index (χ0v) is 9.75. The van der Waals surface area contributed by atoms with Gasteiger partial charge in [-0.05, 0) is 37.3 Å². The van der Waals surface area contributed by atoms with E-state index in [1.165, 1.54) is 17.4 Å². The van der Waals surface area contributed by atoms with Gasteiger partial charge in [0, 0.05) is 6.21 Å². The van der Waals surface area contributed by atoms with Gasteiger partial charge in [0.25, 0.3) is 0 Å². The Morgan fingerprint density at radius 1 is 1.27 bits per heavy atom. The van der Waals surface area contributed by atoms with Gasteiger partial charge < -0.3 is 5.41 Å². The maximum atomic E-state index is 7.23. The third kappa shape index (κ3) is 3.35. The van der Waals surface area contributed by atoms with Crippen LogP contribution < -0.4 is 0 Å². The predicted molar refractivity (Wildman–Crippen MR) is 66.5 cm³/mol. The average Bonchev–Trinajstić information content (AvgIpc) is 2.28. The van der Waals surface area contributed by atoms with Gasteiger partial charge in [0.2, 0.25) is 0 Å². The first-order valence-electron chi connectivity index (χ1n) is 5.37. The second-order valence-electron chi connectivity index (χ2n) is 4.10. The summed E-state index contributed by atoms with van der Waals surface area (Å²) < 4.78 is 0. The molecule has 0 fully saturated rings. The normalized spacial score (nSPS) is 14.3. The zero-order valence-electron chi connectivity index (χ0n) is 9.75. The molecule has 0 bridgehead atoms. The molecule has 0 aliphatic heterocycles. The Labute approximate surface area is 92.3 Å². The Bertz CT molecular complexity index is 349. The molecule has 80 valence electrons. The monoisotopic (exact) mass is 201 g/mol. The van der Waals surface area contributed by atoms with E-state index in [1.807, 2.05) is 13.0 Å². The van der Waals surface area contributed by atoms with E-state index in [-0.39, 0.29) is 0 Å². The summed E-state index contributed by atoms with van der Waals surface area (Å²) in [6.45, 7) is 6.34. The Balaban J connectivity index is 2.72. The van der Waals surface area contributed by atoms with Gasteiger partial charge >= 0.3 is 0 Å². The summed E-state index contributed by atoms with van der Waals surface area (Å²) in [5, 5.41) is 7.23. The molecule has 1 atom stereocenters. The first-order chi connectivity index (χ1) is 7.15. The van der Waals surface area contributed by atoms with Gasteiger partial charge in [-0.2, -0.15) is 0 Å². The summed E-state index contributed by atoms with van der Waals surface area (Å²) in [6.07, 6.45) is 2.49. The molecule has 1 aromatic rings. The highest BCUT2D eigenvalue weighted by Crippen LogP contribution is 2.18. The molecule has 0 amide bonds. The largest absolute Gasteiger partial charge is 0.308 e. The molecule has 0 spiro atoms. The summed E-state index contributed by atoms with van der Waals surface area (Å²) >= 11 is 0. The lowest BCUT2D eigenvalue weighted by Crippen LogP contribution is -2.03. The fourth-order valence-electron chi connectivity index (χ4n) is 1.62. The summed E-state index contributed by atoms with van der Waals surface area (Å²) in [7, 11) is 0. The zero-order chi connectivity index (χ0) is 11.3. The van der Waals surface area contributed by atoms with Crippen molar-refractivity contribution in [3.8, 4) is 0 Å². The van der Waals surface area contributed by atoms with Crippen molar-refractivity contribution in [1.82, 2.24) is 0 Å². The van der Waals surface area contributed by atoms with Gasteiger partial charge in [0.15, 0.2) is 0 Å². The minimum absolute atomic E-state index is 0.508. The lowest BCUT2D eigenvalue weighted by atomic mass is 9.92. The standard InChI is InChI=1S/C14H19N/c1-11(13(3)12(2)10-15)9-14-7-5-4-6-8-14/h4-8,10-11,15H,9H2,1-3H3/b13-12-,15-10?/t11-/m1/s1. The Kier molecular flexibility index (Phi) is 4.29. The fourth-order valence-corrected chi connectivity index (χ4v) is 1.62. The van der Waals surface area contributed by atoms with E-state index in [0.717, 1.165) is 12.0 Å². The molecule has 0 heterocycles. The highest BCUT2D eigenvalue weighted by Gasteiger charge is 2.07. The molecule has 0 saturated heterocycles. The van der Waals surface area contributed by atoms with E-state index >= 15 is 0 Å². The van der Waals surface area contributed by atoms with Crippen molar-refractivity contribution in [2.75, 3.05) is 0 Å². The molecule has 1 heteroatoms. The minimum atomic E-state index is 0.508. The molecule has 1 aromatic carbocycles. The molecule has 0 unspecified atom stereocenters. The number of nitrogens with one attached hydrogen (secondary N) is 1. The summed E-state index contributed by atoms with van der Waals surface area (Å²) in [6, 6.07) is 10.5. The van der Waals surface area contributed by atoms with Crippen LogP contribution in [0.2, 0.25) is 0 Å². The molecule has 1 nitrogen and oxygen atoms in total. The number of hydrogen-bond acceptors (Lipinski definition) is 1. The van der Waals surface area contributed by atoms with Gasteiger partial charge in [0.05, 0.1) is 0 Å². The van der Waals surface area contributed by atoms with Crippen molar-refractivity contribution in [2.45, 2.75) is 27.2 Å². The van der Waals surface area contributed by atoms with E-state index in [2.05, 4.69) is 38.1 Å². The Hall–Kier alpha value is -1.37. The second-order valence-corrected chi connectivity index (χ2v) is 4.10. The number of rotatable bonds is 4. The quantitative estimate of drug-likeness (QED) is 0.715. The maximum absolute atomic E-state index is 7.23. The summed E-state index contributed by atoms with van der Waals surface area (Å²) in [5.74, 6) is 0.508. The molecule has 1 rings (SSSR count). The van der Waals surface area contributed by atoms with Crippen LogP contribution in [0.1, 0.15) is 26.3 Å². The lowest BCUT2D eigenvalue weighted by molar-refractivity contribution is 0.673. The van der Waals surface area contributed by atoms with E-state index in [4.69, 9.17) is 5.41 Å². The highest BCUT2D eigenvalue weighted by atomic mass is 14.3. The van der Waals surface area contributed by atoms with Crippen LogP contribution >= 0.6 is 0 Å². The van der Waals surface area contributed by atoms with Crippen molar-refractivity contribution < 1.29 is 0 Å². The number of allylic oxidation sites excluding steroid dienone is 2. The van der Waals surface area contributed by atoms with Gasteiger partial charge in [-0.15, -0.1) is 0 Å². The topological polar surface area (TPSA) is 23.9 Å². The third-order valence-electron chi connectivity index (χ3n) is 2.96. The summed E-state index contributed by atoms with van der Waals surface area (Å²) in [4.78, 5) is 0. The number of hydrogen-bond donors (Lipinski definition) is 1. The van der Waals surface area contributed by atoms with Crippen molar-refractivity contribution in [3.63, 3.8) is 0 Å². The molecule has 0 saturated carbocycles. The van der Waals surface area contributed by atoms with Crippen molar-refractivity contribution >= 4 is 6.21 Å². The molecule has 0 aliphatic carbocycles.